The Morgan fingerprint density at radius 1 is 1.67 bits per heavy atom. The van der Waals surface area contributed by atoms with Gasteiger partial charge in [-0.2, -0.15) is 4.37 Å². The fraction of sp³-hybridized carbons (Fsp3) is 0.500. The van der Waals surface area contributed by atoms with Gasteiger partial charge < -0.3 is 21.9 Å². The Hall–Kier alpha value is -1.34. The summed E-state index contributed by atoms with van der Waals surface area (Å²) in [4.78, 5) is 11.0. The van der Waals surface area contributed by atoms with Gasteiger partial charge in [0, 0.05) is 6.54 Å². The third-order valence-corrected chi connectivity index (χ3v) is 2.47. The Balaban J connectivity index is 2.82. The van der Waals surface area contributed by atoms with Crippen molar-refractivity contribution in [3.05, 3.63) is 5.56 Å². The van der Waals surface area contributed by atoms with E-state index in [1.165, 1.54) is 0 Å². The van der Waals surface area contributed by atoms with E-state index in [9.17, 15) is 9.90 Å². The first kappa shape index (κ1) is 11.7. The number of nitrogen functional groups attached to an aromatic ring is 1. The summed E-state index contributed by atoms with van der Waals surface area (Å²) in [7, 11) is 0. The average molecular weight is 230 g/mol. The van der Waals surface area contributed by atoms with Gasteiger partial charge in [-0.3, -0.25) is 4.79 Å². The number of carbonyl (C=O) groups is 1. The lowest BCUT2D eigenvalue weighted by molar-refractivity contribution is 0.0941. The van der Waals surface area contributed by atoms with Gasteiger partial charge in [0.05, 0.1) is 5.60 Å². The quantitative estimate of drug-likeness (QED) is 0.581. The topological polar surface area (TPSA) is 114 Å². The maximum atomic E-state index is 11.0. The molecule has 0 aromatic carbocycles. The van der Waals surface area contributed by atoms with Crippen LogP contribution in [0.3, 0.4) is 0 Å². The normalized spacial score (nSPS) is 11.4. The van der Waals surface area contributed by atoms with Crippen LogP contribution in [-0.4, -0.2) is 27.5 Å². The van der Waals surface area contributed by atoms with Crippen LogP contribution in [0.15, 0.2) is 0 Å². The molecule has 0 saturated carbocycles. The van der Waals surface area contributed by atoms with Crippen LogP contribution in [0.4, 0.5) is 10.8 Å². The van der Waals surface area contributed by atoms with Crippen molar-refractivity contribution in [3.63, 3.8) is 0 Å². The molecule has 0 unspecified atom stereocenters. The van der Waals surface area contributed by atoms with Gasteiger partial charge in [-0.15, -0.1) is 0 Å². The van der Waals surface area contributed by atoms with Crippen LogP contribution in [0, 0.1) is 0 Å². The van der Waals surface area contributed by atoms with E-state index in [4.69, 9.17) is 11.5 Å². The molecule has 0 radical (unpaired) electrons. The van der Waals surface area contributed by atoms with Crippen LogP contribution >= 0.6 is 11.5 Å². The van der Waals surface area contributed by atoms with E-state index in [0.29, 0.717) is 5.00 Å². The highest BCUT2D eigenvalue weighted by Crippen LogP contribution is 2.26. The highest BCUT2D eigenvalue weighted by atomic mass is 32.1. The molecule has 1 aromatic rings. The average Bonchev–Trinajstić information content (AvgIpc) is 2.42. The van der Waals surface area contributed by atoms with Gasteiger partial charge in [0.1, 0.15) is 10.6 Å². The minimum Gasteiger partial charge on any atom is -0.389 e. The van der Waals surface area contributed by atoms with Gasteiger partial charge in [0.15, 0.2) is 5.82 Å². The van der Waals surface area contributed by atoms with Crippen LogP contribution in [0.2, 0.25) is 0 Å². The standard InChI is InChI=1S/C8H14N4O2S/c1-8(2,14)3-11-7-4(6(10)13)5(9)12-15-7/h11,14H,3H2,1-2H3,(H2,9,12)(H2,10,13). The summed E-state index contributed by atoms with van der Waals surface area (Å²) in [5.74, 6) is -0.509. The first-order chi connectivity index (χ1) is 6.81. The summed E-state index contributed by atoms with van der Waals surface area (Å²) >= 11 is 1.05. The van der Waals surface area contributed by atoms with Crippen molar-refractivity contribution in [1.82, 2.24) is 4.37 Å². The number of aromatic nitrogens is 1. The minimum absolute atomic E-state index is 0.116. The number of hydrogen-bond donors (Lipinski definition) is 4. The number of anilines is 2. The molecule has 0 fully saturated rings. The SMILES string of the molecule is CC(C)(O)CNc1snc(N)c1C(N)=O. The summed E-state index contributed by atoms with van der Waals surface area (Å²) in [5.41, 5.74) is 9.93. The molecule has 0 aliphatic carbocycles. The van der Waals surface area contributed by atoms with E-state index in [2.05, 4.69) is 9.69 Å². The molecule has 0 bridgehead atoms. The predicted molar refractivity (Wildman–Crippen MR) is 59.8 cm³/mol. The van der Waals surface area contributed by atoms with E-state index in [1.54, 1.807) is 13.8 Å². The molecule has 6 N–H and O–H groups in total. The van der Waals surface area contributed by atoms with Crippen LogP contribution < -0.4 is 16.8 Å². The maximum Gasteiger partial charge on any atom is 0.255 e. The number of hydrogen-bond acceptors (Lipinski definition) is 6. The van der Waals surface area contributed by atoms with E-state index in [1.807, 2.05) is 0 Å². The number of nitrogens with one attached hydrogen (secondary N) is 1. The fourth-order valence-electron chi connectivity index (χ4n) is 0.958. The second-order valence-electron chi connectivity index (χ2n) is 3.80. The van der Waals surface area contributed by atoms with Gasteiger partial charge in [0.2, 0.25) is 0 Å². The number of nitrogens with zero attached hydrogens (tertiary/aromatic N) is 1. The largest absolute Gasteiger partial charge is 0.389 e. The Morgan fingerprint density at radius 2 is 2.27 bits per heavy atom. The molecule has 0 atom stereocenters. The van der Waals surface area contributed by atoms with E-state index >= 15 is 0 Å². The lowest BCUT2D eigenvalue weighted by Crippen LogP contribution is -2.29. The predicted octanol–water partition coefficient (Wildman–Crippen LogP) is 0.00700. The van der Waals surface area contributed by atoms with Crippen molar-refractivity contribution < 1.29 is 9.90 Å². The zero-order valence-electron chi connectivity index (χ0n) is 8.57. The summed E-state index contributed by atoms with van der Waals surface area (Å²) in [6.45, 7) is 3.58. The molecule has 1 amide bonds. The molecular formula is C8H14N4O2S. The summed E-state index contributed by atoms with van der Waals surface area (Å²) in [6, 6.07) is 0. The minimum atomic E-state index is -0.881. The molecule has 1 heterocycles. The van der Waals surface area contributed by atoms with Gasteiger partial charge in [-0.05, 0) is 25.4 Å². The number of rotatable bonds is 4. The zero-order valence-corrected chi connectivity index (χ0v) is 9.39. The van der Waals surface area contributed by atoms with E-state index in [-0.39, 0.29) is 17.9 Å². The Morgan fingerprint density at radius 3 is 2.73 bits per heavy atom. The highest BCUT2D eigenvalue weighted by Gasteiger charge is 2.19. The molecule has 15 heavy (non-hydrogen) atoms. The molecule has 0 aliphatic heterocycles. The summed E-state index contributed by atoms with van der Waals surface area (Å²) in [5, 5.41) is 12.9. The van der Waals surface area contributed by atoms with E-state index in [0.717, 1.165) is 11.5 Å². The molecule has 0 aliphatic rings. The molecule has 1 aromatic heterocycles. The van der Waals surface area contributed by atoms with Crippen molar-refractivity contribution in [2.24, 2.45) is 5.73 Å². The fourth-order valence-corrected chi connectivity index (χ4v) is 1.67. The Labute approximate surface area is 91.4 Å². The summed E-state index contributed by atoms with van der Waals surface area (Å²) in [6.07, 6.45) is 0. The van der Waals surface area contributed by atoms with Crippen molar-refractivity contribution in [1.29, 1.82) is 0 Å². The van der Waals surface area contributed by atoms with Gasteiger partial charge >= 0.3 is 0 Å². The second-order valence-corrected chi connectivity index (χ2v) is 4.58. The van der Waals surface area contributed by atoms with Crippen LogP contribution in [0.1, 0.15) is 24.2 Å². The molecule has 84 valence electrons. The van der Waals surface area contributed by atoms with Crippen molar-refractivity contribution >= 4 is 28.3 Å². The second kappa shape index (κ2) is 4.03. The van der Waals surface area contributed by atoms with Gasteiger partial charge in [-0.1, -0.05) is 0 Å². The first-order valence-corrected chi connectivity index (χ1v) is 5.10. The monoisotopic (exact) mass is 230 g/mol. The molecule has 1 rings (SSSR count). The highest BCUT2D eigenvalue weighted by molar-refractivity contribution is 7.11. The summed E-state index contributed by atoms with van der Waals surface area (Å²) < 4.78 is 3.81. The van der Waals surface area contributed by atoms with Gasteiger partial charge in [0.25, 0.3) is 5.91 Å². The smallest absolute Gasteiger partial charge is 0.255 e. The Bertz CT molecular complexity index is 369. The number of amides is 1. The number of primary amides is 1. The van der Waals surface area contributed by atoms with Gasteiger partial charge in [-0.25, -0.2) is 0 Å². The molecule has 0 saturated heterocycles. The van der Waals surface area contributed by atoms with Crippen molar-refractivity contribution in [2.45, 2.75) is 19.4 Å². The first-order valence-electron chi connectivity index (χ1n) is 4.32. The molecule has 0 spiro atoms. The van der Waals surface area contributed by atoms with Crippen LogP contribution in [-0.2, 0) is 0 Å². The lowest BCUT2D eigenvalue weighted by atomic mass is 10.1. The molecular weight excluding hydrogens is 216 g/mol. The van der Waals surface area contributed by atoms with E-state index < -0.39 is 11.5 Å². The number of aliphatic hydroxyl groups is 1. The number of carbonyl (C=O) groups excluding carboxylic acids is 1. The van der Waals surface area contributed by atoms with Crippen molar-refractivity contribution in [3.8, 4) is 0 Å². The third kappa shape index (κ3) is 3.07. The lowest BCUT2D eigenvalue weighted by Gasteiger charge is -2.17. The molecule has 7 heteroatoms. The number of nitrogens with two attached hydrogens (primary N) is 2. The molecule has 6 nitrogen and oxygen atoms in total. The maximum absolute atomic E-state index is 11.0. The van der Waals surface area contributed by atoms with Crippen LogP contribution in [0.5, 0.6) is 0 Å². The third-order valence-electron chi connectivity index (χ3n) is 1.65. The van der Waals surface area contributed by atoms with Crippen LogP contribution in [0.25, 0.3) is 0 Å². The zero-order chi connectivity index (χ0) is 11.6. The van der Waals surface area contributed by atoms with Crippen molar-refractivity contribution in [2.75, 3.05) is 17.6 Å². The Kier molecular flexibility index (Phi) is 3.15.